The third-order valence-corrected chi connectivity index (χ3v) is 5.35. The van der Waals surface area contributed by atoms with E-state index in [1.807, 2.05) is 6.92 Å². The summed E-state index contributed by atoms with van der Waals surface area (Å²) in [5.74, 6) is 0.115. The number of amides is 1. The lowest BCUT2D eigenvalue weighted by Crippen LogP contribution is -2.46. The van der Waals surface area contributed by atoms with Crippen LogP contribution in [0.25, 0.3) is 11.1 Å². The molecule has 3 heteroatoms. The van der Waals surface area contributed by atoms with Gasteiger partial charge in [0.2, 0.25) is 5.91 Å². The second-order valence-corrected chi connectivity index (χ2v) is 6.99. The number of fused-ring (bicyclic) bond motifs is 3. The van der Waals surface area contributed by atoms with Gasteiger partial charge in [-0.05, 0) is 42.0 Å². The molecule has 124 valence electrons. The monoisotopic (exact) mass is 320 g/mol. The molecule has 0 aliphatic heterocycles. The molecule has 0 spiro atoms. The van der Waals surface area contributed by atoms with Crippen molar-refractivity contribution in [3.05, 3.63) is 59.7 Å². The van der Waals surface area contributed by atoms with E-state index in [9.17, 15) is 4.79 Å². The predicted octanol–water partition coefficient (Wildman–Crippen LogP) is 3.79. The molecular formula is C21H24N2O. The molecule has 2 aliphatic rings. The lowest BCUT2D eigenvalue weighted by molar-refractivity contribution is -0.123. The van der Waals surface area contributed by atoms with E-state index in [0.717, 1.165) is 12.8 Å². The van der Waals surface area contributed by atoms with Crippen LogP contribution in [-0.2, 0) is 4.79 Å². The van der Waals surface area contributed by atoms with Crippen molar-refractivity contribution in [3.8, 4) is 11.1 Å². The molecular weight excluding hydrogens is 296 g/mol. The molecule has 1 fully saturated rings. The Hall–Kier alpha value is -2.13. The Morgan fingerprint density at radius 1 is 0.958 bits per heavy atom. The predicted molar refractivity (Wildman–Crippen MR) is 96.7 cm³/mol. The Kier molecular flexibility index (Phi) is 4.11. The molecule has 3 nitrogen and oxygen atoms in total. The molecule has 0 radical (unpaired) electrons. The van der Waals surface area contributed by atoms with E-state index in [0.29, 0.717) is 6.04 Å². The lowest BCUT2D eigenvalue weighted by atomic mass is 10.0. The van der Waals surface area contributed by atoms with Gasteiger partial charge in [0.1, 0.15) is 0 Å². The van der Waals surface area contributed by atoms with Gasteiger partial charge < -0.3 is 5.32 Å². The van der Waals surface area contributed by atoms with Crippen molar-refractivity contribution in [2.24, 2.45) is 0 Å². The van der Waals surface area contributed by atoms with Gasteiger partial charge in [-0.2, -0.15) is 0 Å². The molecule has 2 aromatic carbocycles. The maximum atomic E-state index is 12.5. The van der Waals surface area contributed by atoms with Gasteiger partial charge in [0.25, 0.3) is 0 Å². The van der Waals surface area contributed by atoms with E-state index in [1.165, 1.54) is 35.1 Å². The Morgan fingerprint density at radius 2 is 1.50 bits per heavy atom. The van der Waals surface area contributed by atoms with Crippen molar-refractivity contribution >= 4 is 5.91 Å². The number of carbonyl (C=O) groups is 1. The number of carbonyl (C=O) groups excluding carboxylic acids is 1. The Morgan fingerprint density at radius 3 is 2.08 bits per heavy atom. The SMILES string of the molecule is C[C@@H](NC1c2ccccc2-c2ccccc21)C(=O)NC1CCCC1. The Bertz CT molecular complexity index is 704. The summed E-state index contributed by atoms with van der Waals surface area (Å²) < 4.78 is 0. The summed E-state index contributed by atoms with van der Waals surface area (Å²) in [5.41, 5.74) is 5.07. The van der Waals surface area contributed by atoms with Crippen LogP contribution in [-0.4, -0.2) is 18.0 Å². The van der Waals surface area contributed by atoms with Crippen molar-refractivity contribution in [1.29, 1.82) is 0 Å². The first-order valence-electron chi connectivity index (χ1n) is 8.98. The first kappa shape index (κ1) is 15.4. The first-order chi connectivity index (χ1) is 11.7. The molecule has 1 saturated carbocycles. The maximum absolute atomic E-state index is 12.5. The standard InChI is InChI=1S/C21H24N2O/c1-14(21(24)23-15-8-2-3-9-15)22-20-18-12-6-4-10-16(18)17-11-5-7-13-19(17)20/h4-7,10-15,20,22H,2-3,8-9H2,1H3,(H,23,24)/t14-/m1/s1. The summed E-state index contributed by atoms with van der Waals surface area (Å²) in [7, 11) is 0. The van der Waals surface area contributed by atoms with Crippen molar-refractivity contribution in [1.82, 2.24) is 10.6 Å². The average molecular weight is 320 g/mol. The van der Waals surface area contributed by atoms with Gasteiger partial charge in [-0.1, -0.05) is 61.4 Å². The van der Waals surface area contributed by atoms with Crippen LogP contribution in [0.5, 0.6) is 0 Å². The largest absolute Gasteiger partial charge is 0.352 e. The van der Waals surface area contributed by atoms with E-state index in [2.05, 4.69) is 59.2 Å². The minimum absolute atomic E-state index is 0.0849. The summed E-state index contributed by atoms with van der Waals surface area (Å²) >= 11 is 0. The second-order valence-electron chi connectivity index (χ2n) is 6.99. The minimum atomic E-state index is -0.213. The fourth-order valence-electron chi connectivity index (χ4n) is 4.06. The normalized spacial score (nSPS) is 18.2. The molecule has 0 heterocycles. The van der Waals surface area contributed by atoms with Crippen molar-refractivity contribution in [3.63, 3.8) is 0 Å². The lowest BCUT2D eigenvalue weighted by Gasteiger charge is -2.22. The van der Waals surface area contributed by atoms with Crippen LogP contribution < -0.4 is 10.6 Å². The summed E-state index contributed by atoms with van der Waals surface area (Å²) in [6.45, 7) is 1.97. The average Bonchev–Trinajstić information content (AvgIpc) is 3.22. The second kappa shape index (κ2) is 6.40. The van der Waals surface area contributed by atoms with Crippen LogP contribution in [0.1, 0.15) is 49.8 Å². The molecule has 24 heavy (non-hydrogen) atoms. The molecule has 0 bridgehead atoms. The van der Waals surface area contributed by atoms with E-state index in [4.69, 9.17) is 0 Å². The van der Waals surface area contributed by atoms with Gasteiger partial charge in [0.15, 0.2) is 0 Å². The third-order valence-electron chi connectivity index (χ3n) is 5.35. The minimum Gasteiger partial charge on any atom is -0.352 e. The van der Waals surface area contributed by atoms with Crippen molar-refractivity contribution < 1.29 is 4.79 Å². The molecule has 0 saturated heterocycles. The van der Waals surface area contributed by atoms with Crippen LogP contribution in [0.3, 0.4) is 0 Å². The smallest absolute Gasteiger partial charge is 0.237 e. The Balaban J connectivity index is 1.54. The van der Waals surface area contributed by atoms with E-state index >= 15 is 0 Å². The molecule has 0 aromatic heterocycles. The topological polar surface area (TPSA) is 41.1 Å². The molecule has 2 N–H and O–H groups in total. The van der Waals surface area contributed by atoms with Crippen molar-refractivity contribution in [2.75, 3.05) is 0 Å². The van der Waals surface area contributed by atoms with E-state index < -0.39 is 0 Å². The van der Waals surface area contributed by atoms with Gasteiger partial charge in [0, 0.05) is 6.04 Å². The highest BCUT2D eigenvalue weighted by molar-refractivity contribution is 5.83. The van der Waals surface area contributed by atoms with Gasteiger partial charge in [-0.15, -0.1) is 0 Å². The highest BCUT2D eigenvalue weighted by atomic mass is 16.2. The zero-order chi connectivity index (χ0) is 16.5. The van der Waals surface area contributed by atoms with Crippen LogP contribution in [0.15, 0.2) is 48.5 Å². The van der Waals surface area contributed by atoms with Gasteiger partial charge in [-0.3, -0.25) is 10.1 Å². The fraction of sp³-hybridized carbons (Fsp3) is 0.381. The van der Waals surface area contributed by atoms with Gasteiger partial charge in [0.05, 0.1) is 12.1 Å². The van der Waals surface area contributed by atoms with E-state index in [-0.39, 0.29) is 18.0 Å². The first-order valence-corrected chi connectivity index (χ1v) is 8.98. The van der Waals surface area contributed by atoms with Crippen LogP contribution >= 0.6 is 0 Å². The number of nitrogens with one attached hydrogen (secondary N) is 2. The fourth-order valence-corrected chi connectivity index (χ4v) is 4.06. The number of hydrogen-bond donors (Lipinski definition) is 2. The zero-order valence-electron chi connectivity index (χ0n) is 14.1. The molecule has 1 amide bonds. The number of benzene rings is 2. The molecule has 2 aromatic rings. The van der Waals surface area contributed by atoms with Gasteiger partial charge in [-0.25, -0.2) is 0 Å². The van der Waals surface area contributed by atoms with Crippen LogP contribution in [0.2, 0.25) is 0 Å². The van der Waals surface area contributed by atoms with Crippen LogP contribution in [0, 0.1) is 0 Å². The molecule has 4 rings (SSSR count). The summed E-state index contributed by atoms with van der Waals surface area (Å²) in [5, 5.41) is 6.75. The summed E-state index contributed by atoms with van der Waals surface area (Å²) in [4.78, 5) is 12.5. The molecule has 1 atom stereocenters. The van der Waals surface area contributed by atoms with Gasteiger partial charge >= 0.3 is 0 Å². The van der Waals surface area contributed by atoms with Crippen molar-refractivity contribution in [2.45, 2.75) is 50.7 Å². The van der Waals surface area contributed by atoms with E-state index in [1.54, 1.807) is 0 Å². The summed E-state index contributed by atoms with van der Waals surface area (Å²) in [6, 6.07) is 17.2. The quantitative estimate of drug-likeness (QED) is 0.900. The maximum Gasteiger partial charge on any atom is 0.237 e. The Labute approximate surface area is 143 Å². The third kappa shape index (κ3) is 2.73. The highest BCUT2D eigenvalue weighted by Gasteiger charge is 2.30. The summed E-state index contributed by atoms with van der Waals surface area (Å²) in [6.07, 6.45) is 4.70. The number of rotatable bonds is 4. The van der Waals surface area contributed by atoms with Crippen LogP contribution in [0.4, 0.5) is 0 Å². The highest BCUT2D eigenvalue weighted by Crippen LogP contribution is 2.43. The molecule has 0 unspecified atom stereocenters. The molecule has 2 aliphatic carbocycles. The zero-order valence-corrected chi connectivity index (χ0v) is 14.1. The number of hydrogen-bond acceptors (Lipinski definition) is 2.